The molecule has 2 nitrogen and oxygen atoms in total. The summed E-state index contributed by atoms with van der Waals surface area (Å²) in [6.45, 7) is 5.49. The van der Waals surface area contributed by atoms with Crippen molar-refractivity contribution in [2.24, 2.45) is 5.92 Å². The number of carbonyl (C=O) groups is 2. The first-order valence-corrected chi connectivity index (χ1v) is 5.24. The smallest absolute Gasteiger partial charge is 0.166 e. The van der Waals surface area contributed by atoms with Gasteiger partial charge in [0.15, 0.2) is 11.6 Å². The van der Waals surface area contributed by atoms with Crippen LogP contribution in [0.1, 0.15) is 47.9 Å². The molecule has 2 heteroatoms. The fraction of sp³-hybridized carbons (Fsp3) is 0.385. The molecular weight excluding hydrogens is 188 g/mol. The SMILES string of the molecule is CCC(=O)c1ccccc1C(=O)C(C)C. The first-order chi connectivity index (χ1) is 7.07. The van der Waals surface area contributed by atoms with Crippen LogP contribution in [-0.2, 0) is 0 Å². The van der Waals surface area contributed by atoms with Gasteiger partial charge in [0.05, 0.1) is 0 Å². The third-order valence-corrected chi connectivity index (χ3v) is 2.34. The van der Waals surface area contributed by atoms with Crippen LogP contribution in [0.2, 0.25) is 0 Å². The van der Waals surface area contributed by atoms with E-state index in [1.807, 2.05) is 13.8 Å². The van der Waals surface area contributed by atoms with Crippen LogP contribution in [0.25, 0.3) is 0 Å². The Labute approximate surface area is 90.3 Å². The minimum absolute atomic E-state index is 0.0274. The summed E-state index contributed by atoms with van der Waals surface area (Å²) in [7, 11) is 0. The van der Waals surface area contributed by atoms with E-state index in [9.17, 15) is 9.59 Å². The summed E-state index contributed by atoms with van der Waals surface area (Å²) in [5.41, 5.74) is 1.11. The third-order valence-electron chi connectivity index (χ3n) is 2.34. The van der Waals surface area contributed by atoms with E-state index in [1.165, 1.54) is 0 Å². The number of rotatable bonds is 4. The van der Waals surface area contributed by atoms with Crippen molar-refractivity contribution in [2.75, 3.05) is 0 Å². The average molecular weight is 204 g/mol. The van der Waals surface area contributed by atoms with Crippen molar-refractivity contribution >= 4 is 11.6 Å². The Balaban J connectivity index is 3.18. The van der Waals surface area contributed by atoms with Gasteiger partial charge in [-0.25, -0.2) is 0 Å². The molecule has 0 aliphatic carbocycles. The van der Waals surface area contributed by atoms with Crippen LogP contribution < -0.4 is 0 Å². The van der Waals surface area contributed by atoms with Crippen LogP contribution in [0.15, 0.2) is 24.3 Å². The summed E-state index contributed by atoms with van der Waals surface area (Å²) in [6, 6.07) is 7.04. The molecule has 0 fully saturated rings. The second-order valence-corrected chi connectivity index (χ2v) is 3.84. The van der Waals surface area contributed by atoms with Crippen LogP contribution in [0.3, 0.4) is 0 Å². The lowest BCUT2D eigenvalue weighted by atomic mass is 9.94. The third kappa shape index (κ3) is 2.52. The molecule has 0 radical (unpaired) electrons. The van der Waals surface area contributed by atoms with Gasteiger partial charge in [-0.3, -0.25) is 9.59 Å². The first kappa shape index (κ1) is 11.6. The van der Waals surface area contributed by atoms with Gasteiger partial charge in [0.25, 0.3) is 0 Å². The lowest BCUT2D eigenvalue weighted by Crippen LogP contribution is -2.13. The maximum Gasteiger partial charge on any atom is 0.166 e. The molecule has 1 aromatic carbocycles. The second-order valence-electron chi connectivity index (χ2n) is 3.84. The predicted octanol–water partition coefficient (Wildman–Crippen LogP) is 3.12. The molecule has 1 rings (SSSR count). The molecule has 0 bridgehead atoms. The lowest BCUT2D eigenvalue weighted by Gasteiger charge is -2.08. The molecule has 0 unspecified atom stereocenters. The Morgan fingerprint density at radius 1 is 1.13 bits per heavy atom. The molecule has 0 N–H and O–H groups in total. The van der Waals surface area contributed by atoms with Crippen molar-refractivity contribution in [3.63, 3.8) is 0 Å². The summed E-state index contributed by atoms with van der Waals surface area (Å²) in [5, 5.41) is 0. The number of Topliss-reactive ketones (excluding diaryl/α,β-unsaturated/α-hetero) is 2. The standard InChI is InChI=1S/C13H16O2/c1-4-12(14)10-7-5-6-8-11(10)13(15)9(2)3/h5-9H,4H2,1-3H3. The molecule has 0 spiro atoms. The van der Waals surface area contributed by atoms with Crippen LogP contribution in [0.4, 0.5) is 0 Å². The number of hydrogen-bond donors (Lipinski definition) is 0. The van der Waals surface area contributed by atoms with Gasteiger partial charge in [-0.2, -0.15) is 0 Å². The topological polar surface area (TPSA) is 34.1 Å². The summed E-state index contributed by atoms with van der Waals surface area (Å²) in [5.74, 6) is -0.0113. The summed E-state index contributed by atoms with van der Waals surface area (Å²) >= 11 is 0. The van der Waals surface area contributed by atoms with Crippen molar-refractivity contribution in [3.05, 3.63) is 35.4 Å². The average Bonchev–Trinajstić information content (AvgIpc) is 2.27. The van der Waals surface area contributed by atoms with Crippen molar-refractivity contribution in [1.29, 1.82) is 0 Å². The maximum absolute atomic E-state index is 11.8. The second kappa shape index (κ2) is 4.87. The van der Waals surface area contributed by atoms with E-state index in [1.54, 1.807) is 31.2 Å². The van der Waals surface area contributed by atoms with Crippen LogP contribution in [0.5, 0.6) is 0 Å². The number of carbonyl (C=O) groups excluding carboxylic acids is 2. The molecule has 0 aliphatic heterocycles. The fourth-order valence-corrected chi connectivity index (χ4v) is 1.44. The summed E-state index contributed by atoms with van der Waals surface area (Å²) < 4.78 is 0. The highest BCUT2D eigenvalue weighted by atomic mass is 16.1. The largest absolute Gasteiger partial charge is 0.294 e. The zero-order chi connectivity index (χ0) is 11.4. The molecule has 0 aliphatic rings. The Morgan fingerprint density at radius 3 is 2.13 bits per heavy atom. The Kier molecular flexibility index (Phi) is 3.78. The first-order valence-electron chi connectivity index (χ1n) is 5.24. The van der Waals surface area contributed by atoms with Gasteiger partial charge in [0, 0.05) is 23.5 Å². The number of benzene rings is 1. The van der Waals surface area contributed by atoms with Crippen molar-refractivity contribution in [3.8, 4) is 0 Å². The minimum atomic E-state index is -0.0733. The van der Waals surface area contributed by atoms with E-state index >= 15 is 0 Å². The molecule has 80 valence electrons. The zero-order valence-corrected chi connectivity index (χ0v) is 9.41. The molecule has 0 heterocycles. The van der Waals surface area contributed by atoms with E-state index in [0.29, 0.717) is 17.5 Å². The molecule has 1 aromatic rings. The normalized spacial score (nSPS) is 10.4. The maximum atomic E-state index is 11.8. The van der Waals surface area contributed by atoms with Crippen LogP contribution >= 0.6 is 0 Å². The number of ketones is 2. The molecule has 0 saturated carbocycles. The van der Waals surface area contributed by atoms with Crippen molar-refractivity contribution in [1.82, 2.24) is 0 Å². The fourth-order valence-electron chi connectivity index (χ4n) is 1.44. The van der Waals surface area contributed by atoms with E-state index < -0.39 is 0 Å². The van der Waals surface area contributed by atoms with E-state index in [-0.39, 0.29) is 17.5 Å². The van der Waals surface area contributed by atoms with Crippen molar-refractivity contribution in [2.45, 2.75) is 27.2 Å². The van der Waals surface area contributed by atoms with Gasteiger partial charge in [0.1, 0.15) is 0 Å². The molecule has 15 heavy (non-hydrogen) atoms. The van der Waals surface area contributed by atoms with Crippen molar-refractivity contribution < 1.29 is 9.59 Å². The number of hydrogen-bond acceptors (Lipinski definition) is 2. The monoisotopic (exact) mass is 204 g/mol. The molecule has 0 amide bonds. The van der Waals surface area contributed by atoms with Gasteiger partial charge >= 0.3 is 0 Å². The summed E-state index contributed by atoms with van der Waals surface area (Å²) in [6.07, 6.45) is 0.433. The molecule has 0 aromatic heterocycles. The highest BCUT2D eigenvalue weighted by Gasteiger charge is 2.17. The van der Waals surface area contributed by atoms with Crippen LogP contribution in [0, 0.1) is 5.92 Å². The quantitative estimate of drug-likeness (QED) is 0.706. The van der Waals surface area contributed by atoms with Gasteiger partial charge in [-0.05, 0) is 0 Å². The predicted molar refractivity (Wildman–Crippen MR) is 60.2 cm³/mol. The Morgan fingerprint density at radius 2 is 1.67 bits per heavy atom. The molecule has 0 saturated heterocycles. The Hall–Kier alpha value is -1.44. The molecule has 0 atom stereocenters. The van der Waals surface area contributed by atoms with E-state index in [0.717, 1.165) is 0 Å². The van der Waals surface area contributed by atoms with Gasteiger partial charge < -0.3 is 0 Å². The lowest BCUT2D eigenvalue weighted by molar-refractivity contribution is 0.0922. The minimum Gasteiger partial charge on any atom is -0.294 e. The zero-order valence-electron chi connectivity index (χ0n) is 9.41. The van der Waals surface area contributed by atoms with Gasteiger partial charge in [-0.1, -0.05) is 45.0 Å². The highest BCUT2D eigenvalue weighted by molar-refractivity contribution is 6.09. The molecular formula is C13H16O2. The Bertz CT molecular complexity index is 378. The van der Waals surface area contributed by atoms with Gasteiger partial charge in [0.2, 0.25) is 0 Å². The highest BCUT2D eigenvalue weighted by Crippen LogP contribution is 2.15. The van der Waals surface area contributed by atoms with E-state index in [2.05, 4.69) is 0 Å². The van der Waals surface area contributed by atoms with E-state index in [4.69, 9.17) is 0 Å². The van der Waals surface area contributed by atoms with Gasteiger partial charge in [-0.15, -0.1) is 0 Å². The summed E-state index contributed by atoms with van der Waals surface area (Å²) in [4.78, 5) is 23.4. The van der Waals surface area contributed by atoms with Crippen LogP contribution in [-0.4, -0.2) is 11.6 Å².